The molecule has 0 saturated heterocycles. The monoisotopic (exact) mass is 232 g/mol. The van der Waals surface area contributed by atoms with E-state index >= 15 is 0 Å². The minimum atomic E-state index is -1.13. The number of aromatic carboxylic acids is 2. The first-order valence-electron chi connectivity index (χ1n) is 4.74. The molecule has 0 bridgehead atoms. The highest BCUT2D eigenvalue weighted by Gasteiger charge is 2.16. The van der Waals surface area contributed by atoms with Crippen molar-refractivity contribution in [2.75, 3.05) is 0 Å². The van der Waals surface area contributed by atoms with Crippen LogP contribution in [0.3, 0.4) is 0 Å². The number of hydrogen-bond donors (Lipinski definition) is 2. The Balaban J connectivity index is 2.64. The van der Waals surface area contributed by atoms with Crippen molar-refractivity contribution in [2.24, 2.45) is 0 Å². The van der Waals surface area contributed by atoms with E-state index in [-0.39, 0.29) is 16.7 Å². The van der Waals surface area contributed by atoms with Crippen molar-refractivity contribution >= 4 is 11.9 Å². The Kier molecular flexibility index (Phi) is 2.66. The Hall–Kier alpha value is -2.56. The lowest BCUT2D eigenvalue weighted by Crippen LogP contribution is -2.03. The molecule has 86 valence electrons. The third-order valence-corrected chi connectivity index (χ3v) is 2.28. The Morgan fingerprint density at radius 2 is 1.82 bits per heavy atom. The van der Waals surface area contributed by atoms with Crippen LogP contribution in [0.15, 0.2) is 41.0 Å². The number of furan rings is 1. The van der Waals surface area contributed by atoms with E-state index in [0.717, 1.165) is 0 Å². The lowest BCUT2D eigenvalue weighted by atomic mass is 10.0. The largest absolute Gasteiger partial charge is 0.478 e. The third kappa shape index (κ3) is 2.03. The molecule has 5 heteroatoms. The van der Waals surface area contributed by atoms with E-state index in [9.17, 15) is 9.59 Å². The summed E-state index contributed by atoms with van der Waals surface area (Å²) in [6.45, 7) is 0. The topological polar surface area (TPSA) is 87.7 Å². The van der Waals surface area contributed by atoms with Gasteiger partial charge in [-0.25, -0.2) is 9.59 Å². The summed E-state index contributed by atoms with van der Waals surface area (Å²) in [4.78, 5) is 21.8. The van der Waals surface area contributed by atoms with E-state index in [1.54, 1.807) is 12.1 Å². The molecule has 0 saturated carbocycles. The van der Waals surface area contributed by atoms with Gasteiger partial charge in [-0.3, -0.25) is 0 Å². The van der Waals surface area contributed by atoms with Gasteiger partial charge in [-0.1, -0.05) is 0 Å². The van der Waals surface area contributed by atoms with Gasteiger partial charge in [0.2, 0.25) is 0 Å². The summed E-state index contributed by atoms with van der Waals surface area (Å²) in [6, 6.07) is 6.97. The Labute approximate surface area is 95.9 Å². The van der Waals surface area contributed by atoms with Gasteiger partial charge in [0.25, 0.3) is 0 Å². The molecular weight excluding hydrogens is 224 g/mol. The van der Waals surface area contributed by atoms with E-state index < -0.39 is 11.9 Å². The summed E-state index contributed by atoms with van der Waals surface area (Å²) in [5.41, 5.74) is 0.272. The molecule has 1 aromatic carbocycles. The van der Waals surface area contributed by atoms with Gasteiger partial charge in [-0.15, -0.1) is 0 Å². The van der Waals surface area contributed by atoms with Crippen LogP contribution >= 0.6 is 0 Å². The molecule has 0 unspecified atom stereocenters. The molecule has 2 N–H and O–H groups in total. The Morgan fingerprint density at radius 3 is 2.35 bits per heavy atom. The highest BCUT2D eigenvalue weighted by molar-refractivity contribution is 5.98. The average molecular weight is 232 g/mol. The fraction of sp³-hybridized carbons (Fsp3) is 0. The molecule has 1 aromatic heterocycles. The molecule has 17 heavy (non-hydrogen) atoms. The highest BCUT2D eigenvalue weighted by atomic mass is 16.4. The number of carbonyl (C=O) groups is 2. The van der Waals surface area contributed by atoms with Crippen molar-refractivity contribution < 1.29 is 24.2 Å². The first kappa shape index (κ1) is 10.9. The molecule has 0 atom stereocenters. The maximum Gasteiger partial charge on any atom is 0.336 e. The lowest BCUT2D eigenvalue weighted by molar-refractivity contribution is 0.0681. The zero-order valence-corrected chi connectivity index (χ0v) is 8.58. The molecule has 0 aliphatic heterocycles. The van der Waals surface area contributed by atoms with E-state index in [2.05, 4.69) is 0 Å². The zero-order chi connectivity index (χ0) is 12.4. The van der Waals surface area contributed by atoms with Crippen LogP contribution in [0.2, 0.25) is 0 Å². The minimum Gasteiger partial charge on any atom is -0.478 e. The normalized spacial score (nSPS) is 10.1. The number of rotatable bonds is 3. The van der Waals surface area contributed by atoms with Crippen LogP contribution in [0.25, 0.3) is 11.3 Å². The van der Waals surface area contributed by atoms with E-state index in [0.29, 0.717) is 5.76 Å². The van der Waals surface area contributed by atoms with Gasteiger partial charge in [-0.05, 0) is 30.3 Å². The molecule has 2 aromatic rings. The Morgan fingerprint density at radius 1 is 1.06 bits per heavy atom. The van der Waals surface area contributed by atoms with Crippen LogP contribution in [0.5, 0.6) is 0 Å². The van der Waals surface area contributed by atoms with Crippen molar-refractivity contribution in [3.8, 4) is 11.3 Å². The maximum absolute atomic E-state index is 11.0. The fourth-order valence-corrected chi connectivity index (χ4v) is 1.50. The van der Waals surface area contributed by atoms with E-state index in [1.165, 1.54) is 24.5 Å². The second kappa shape index (κ2) is 4.13. The van der Waals surface area contributed by atoms with Crippen molar-refractivity contribution in [3.05, 3.63) is 47.7 Å². The van der Waals surface area contributed by atoms with Gasteiger partial charge in [-0.2, -0.15) is 0 Å². The first-order chi connectivity index (χ1) is 8.09. The smallest absolute Gasteiger partial charge is 0.336 e. The summed E-state index contributed by atoms with van der Waals surface area (Å²) < 4.78 is 5.09. The molecule has 0 spiro atoms. The molecule has 0 radical (unpaired) electrons. The molecule has 0 amide bonds. The van der Waals surface area contributed by atoms with E-state index in [4.69, 9.17) is 14.6 Å². The van der Waals surface area contributed by atoms with Gasteiger partial charge in [0, 0.05) is 5.56 Å². The molecule has 0 fully saturated rings. The van der Waals surface area contributed by atoms with Crippen molar-refractivity contribution in [3.63, 3.8) is 0 Å². The standard InChI is InChI=1S/C12H8O5/c13-11(14)7-3-4-8(12(15)16)9(6-7)10-2-1-5-17-10/h1-6H,(H,13,14)(H,15,16). The summed E-state index contributed by atoms with van der Waals surface area (Å²) in [7, 11) is 0. The van der Waals surface area contributed by atoms with Crippen molar-refractivity contribution in [1.29, 1.82) is 0 Å². The van der Waals surface area contributed by atoms with Crippen LogP contribution in [0.4, 0.5) is 0 Å². The average Bonchev–Trinajstić information content (AvgIpc) is 2.81. The second-order valence-corrected chi connectivity index (χ2v) is 3.35. The number of carboxylic acids is 2. The predicted molar refractivity (Wildman–Crippen MR) is 58.1 cm³/mol. The van der Waals surface area contributed by atoms with Crippen LogP contribution in [-0.2, 0) is 0 Å². The molecule has 5 nitrogen and oxygen atoms in total. The van der Waals surface area contributed by atoms with Gasteiger partial charge < -0.3 is 14.6 Å². The summed E-state index contributed by atoms with van der Waals surface area (Å²) in [5.74, 6) is -1.92. The molecule has 1 heterocycles. The summed E-state index contributed by atoms with van der Waals surface area (Å²) in [6.07, 6.45) is 1.40. The number of hydrogen-bond acceptors (Lipinski definition) is 3. The third-order valence-electron chi connectivity index (χ3n) is 2.28. The van der Waals surface area contributed by atoms with Gasteiger partial charge >= 0.3 is 11.9 Å². The lowest BCUT2D eigenvalue weighted by Gasteiger charge is -2.04. The van der Waals surface area contributed by atoms with E-state index in [1.807, 2.05) is 0 Å². The summed E-state index contributed by atoms with van der Waals surface area (Å²) in [5, 5.41) is 17.9. The number of carboxylic acid groups (broad SMARTS) is 2. The van der Waals surface area contributed by atoms with Crippen LogP contribution in [0.1, 0.15) is 20.7 Å². The number of benzene rings is 1. The Bertz CT molecular complexity index is 569. The second-order valence-electron chi connectivity index (χ2n) is 3.35. The highest BCUT2D eigenvalue weighted by Crippen LogP contribution is 2.25. The molecule has 0 aliphatic carbocycles. The SMILES string of the molecule is O=C(O)c1ccc(C(=O)O)c(-c2ccco2)c1. The van der Waals surface area contributed by atoms with Gasteiger partial charge in [0.1, 0.15) is 5.76 Å². The van der Waals surface area contributed by atoms with Crippen LogP contribution in [0, 0.1) is 0 Å². The zero-order valence-electron chi connectivity index (χ0n) is 8.58. The maximum atomic E-state index is 11.0. The summed E-state index contributed by atoms with van der Waals surface area (Å²) >= 11 is 0. The quantitative estimate of drug-likeness (QED) is 0.847. The molecule has 2 rings (SSSR count). The molecule has 0 aliphatic rings. The minimum absolute atomic E-state index is 0.00458. The first-order valence-corrected chi connectivity index (χ1v) is 4.74. The van der Waals surface area contributed by atoms with Crippen LogP contribution < -0.4 is 0 Å². The predicted octanol–water partition coefficient (Wildman–Crippen LogP) is 2.34. The van der Waals surface area contributed by atoms with Gasteiger partial charge in [0.15, 0.2) is 0 Å². The van der Waals surface area contributed by atoms with Crippen LogP contribution in [-0.4, -0.2) is 22.2 Å². The van der Waals surface area contributed by atoms with Gasteiger partial charge in [0.05, 0.1) is 17.4 Å². The fourth-order valence-electron chi connectivity index (χ4n) is 1.50. The molecular formula is C12H8O5. The van der Waals surface area contributed by atoms with Crippen molar-refractivity contribution in [2.45, 2.75) is 0 Å². The van der Waals surface area contributed by atoms with Crippen molar-refractivity contribution in [1.82, 2.24) is 0 Å².